The summed E-state index contributed by atoms with van der Waals surface area (Å²) in [5.74, 6) is 2.86. The van der Waals surface area contributed by atoms with Crippen molar-refractivity contribution in [1.29, 1.82) is 0 Å². The maximum Gasteiger partial charge on any atom is 0.164 e. The van der Waals surface area contributed by atoms with E-state index in [1.165, 1.54) is 0 Å². The van der Waals surface area contributed by atoms with E-state index in [0.717, 1.165) is 39.3 Å². The molecule has 3 aromatic carbocycles. The highest BCUT2D eigenvalue weighted by molar-refractivity contribution is 5.89. The molecule has 31 heavy (non-hydrogen) atoms. The molecule has 0 spiro atoms. The second kappa shape index (κ2) is 9.45. The highest BCUT2D eigenvalue weighted by atomic mass is 16.5. The SMILES string of the molecule is COc1ccc(CNc2nc(C(OC)c3ccccc3)nc3ccccc23)c(OC)c1. The van der Waals surface area contributed by atoms with Gasteiger partial charge in [0.1, 0.15) is 23.4 Å². The van der Waals surface area contributed by atoms with E-state index in [2.05, 4.69) is 5.32 Å². The summed E-state index contributed by atoms with van der Waals surface area (Å²) in [4.78, 5) is 9.62. The number of aromatic nitrogens is 2. The van der Waals surface area contributed by atoms with E-state index in [1.54, 1.807) is 21.3 Å². The minimum Gasteiger partial charge on any atom is -0.497 e. The zero-order valence-electron chi connectivity index (χ0n) is 17.8. The molecule has 0 saturated heterocycles. The van der Waals surface area contributed by atoms with E-state index < -0.39 is 0 Å². The Morgan fingerprint density at radius 3 is 2.35 bits per heavy atom. The smallest absolute Gasteiger partial charge is 0.164 e. The van der Waals surface area contributed by atoms with Crippen LogP contribution < -0.4 is 14.8 Å². The Morgan fingerprint density at radius 2 is 1.61 bits per heavy atom. The molecular weight excluding hydrogens is 390 g/mol. The molecule has 1 aromatic heterocycles. The third kappa shape index (κ3) is 4.44. The Labute approximate surface area is 181 Å². The van der Waals surface area contributed by atoms with Gasteiger partial charge in [0, 0.05) is 30.7 Å². The van der Waals surface area contributed by atoms with Gasteiger partial charge in [-0.3, -0.25) is 0 Å². The number of benzene rings is 3. The molecule has 1 heterocycles. The lowest BCUT2D eigenvalue weighted by atomic mass is 10.1. The van der Waals surface area contributed by atoms with Crippen molar-refractivity contribution < 1.29 is 14.2 Å². The molecule has 1 unspecified atom stereocenters. The lowest BCUT2D eigenvalue weighted by Crippen LogP contribution is -2.12. The second-order valence-electron chi connectivity index (χ2n) is 7.01. The molecule has 0 aliphatic heterocycles. The van der Waals surface area contributed by atoms with Crippen LogP contribution in [0.25, 0.3) is 10.9 Å². The summed E-state index contributed by atoms with van der Waals surface area (Å²) >= 11 is 0. The Bertz CT molecular complexity index is 1170. The first-order chi connectivity index (χ1) is 15.2. The largest absolute Gasteiger partial charge is 0.497 e. The van der Waals surface area contributed by atoms with Gasteiger partial charge in [-0.2, -0.15) is 0 Å². The van der Waals surface area contributed by atoms with Gasteiger partial charge in [-0.25, -0.2) is 9.97 Å². The van der Waals surface area contributed by atoms with Crippen LogP contribution in [0, 0.1) is 0 Å². The van der Waals surface area contributed by atoms with Gasteiger partial charge < -0.3 is 19.5 Å². The monoisotopic (exact) mass is 415 g/mol. The first-order valence-corrected chi connectivity index (χ1v) is 10.0. The van der Waals surface area contributed by atoms with E-state index in [0.29, 0.717) is 12.4 Å². The van der Waals surface area contributed by atoms with Crippen molar-refractivity contribution in [3.8, 4) is 11.5 Å². The number of nitrogens with zero attached hydrogens (tertiary/aromatic N) is 2. The number of nitrogens with one attached hydrogen (secondary N) is 1. The molecule has 1 N–H and O–H groups in total. The molecule has 1 atom stereocenters. The second-order valence-corrected chi connectivity index (χ2v) is 7.01. The molecule has 0 saturated carbocycles. The zero-order valence-corrected chi connectivity index (χ0v) is 17.8. The van der Waals surface area contributed by atoms with Gasteiger partial charge in [-0.05, 0) is 29.8 Å². The molecule has 0 radical (unpaired) electrons. The van der Waals surface area contributed by atoms with Crippen LogP contribution in [-0.4, -0.2) is 31.3 Å². The van der Waals surface area contributed by atoms with E-state index in [9.17, 15) is 0 Å². The van der Waals surface area contributed by atoms with Gasteiger partial charge in [0.25, 0.3) is 0 Å². The summed E-state index contributed by atoms with van der Waals surface area (Å²) in [5.41, 5.74) is 2.86. The van der Waals surface area contributed by atoms with Crippen LogP contribution in [0.15, 0.2) is 72.8 Å². The fraction of sp³-hybridized carbons (Fsp3) is 0.200. The van der Waals surface area contributed by atoms with Crippen LogP contribution in [0.3, 0.4) is 0 Å². The summed E-state index contributed by atoms with van der Waals surface area (Å²) in [6.07, 6.45) is -0.359. The predicted octanol–water partition coefficient (Wildman–Crippen LogP) is 4.99. The number of hydrogen-bond acceptors (Lipinski definition) is 6. The fourth-order valence-electron chi connectivity index (χ4n) is 3.54. The standard InChI is InChI=1S/C25H25N3O3/c1-29-19-14-13-18(22(15-19)30-2)16-26-24-20-11-7-8-12-21(20)27-25(28-24)23(31-3)17-9-5-4-6-10-17/h4-15,23H,16H2,1-3H3,(H,26,27,28). The quantitative estimate of drug-likeness (QED) is 0.437. The van der Waals surface area contributed by atoms with Crippen molar-refractivity contribution >= 4 is 16.7 Å². The molecule has 0 aliphatic carbocycles. The maximum absolute atomic E-state index is 5.76. The number of para-hydroxylation sites is 1. The van der Waals surface area contributed by atoms with Gasteiger partial charge in [-0.15, -0.1) is 0 Å². The van der Waals surface area contributed by atoms with Crippen LogP contribution in [0.2, 0.25) is 0 Å². The van der Waals surface area contributed by atoms with Crippen molar-refractivity contribution in [3.63, 3.8) is 0 Å². The van der Waals surface area contributed by atoms with Gasteiger partial charge in [-0.1, -0.05) is 42.5 Å². The fourth-order valence-corrected chi connectivity index (χ4v) is 3.54. The number of fused-ring (bicyclic) bond motifs is 1. The third-order valence-corrected chi connectivity index (χ3v) is 5.13. The molecule has 4 aromatic rings. The summed E-state index contributed by atoms with van der Waals surface area (Å²) < 4.78 is 16.6. The summed E-state index contributed by atoms with van der Waals surface area (Å²) in [6.45, 7) is 0.538. The highest BCUT2D eigenvalue weighted by Gasteiger charge is 2.19. The average molecular weight is 415 g/mol. The van der Waals surface area contributed by atoms with Gasteiger partial charge in [0.2, 0.25) is 0 Å². The molecule has 0 amide bonds. The van der Waals surface area contributed by atoms with Crippen molar-refractivity contribution in [1.82, 2.24) is 9.97 Å². The van der Waals surface area contributed by atoms with Gasteiger partial charge in [0.15, 0.2) is 5.82 Å². The molecule has 0 aliphatic rings. The topological polar surface area (TPSA) is 65.5 Å². The minimum absolute atomic E-state index is 0.359. The summed E-state index contributed by atoms with van der Waals surface area (Å²) in [7, 11) is 4.96. The van der Waals surface area contributed by atoms with E-state index >= 15 is 0 Å². The molecule has 0 fully saturated rings. The Kier molecular flexibility index (Phi) is 6.29. The lowest BCUT2D eigenvalue weighted by molar-refractivity contribution is 0.129. The third-order valence-electron chi connectivity index (χ3n) is 5.13. The first-order valence-electron chi connectivity index (χ1n) is 10.0. The van der Waals surface area contributed by atoms with Gasteiger partial charge >= 0.3 is 0 Å². The van der Waals surface area contributed by atoms with Crippen LogP contribution in [0.4, 0.5) is 5.82 Å². The average Bonchev–Trinajstić information content (AvgIpc) is 2.83. The molecule has 158 valence electrons. The van der Waals surface area contributed by atoms with Gasteiger partial charge in [0.05, 0.1) is 19.7 Å². The molecule has 4 rings (SSSR count). The van der Waals surface area contributed by atoms with Crippen LogP contribution in [0.1, 0.15) is 23.1 Å². The van der Waals surface area contributed by atoms with Crippen LogP contribution in [0.5, 0.6) is 11.5 Å². The molecular formula is C25H25N3O3. The normalized spacial score (nSPS) is 11.8. The van der Waals surface area contributed by atoms with Crippen LogP contribution >= 0.6 is 0 Å². The number of hydrogen-bond donors (Lipinski definition) is 1. The summed E-state index contributed by atoms with van der Waals surface area (Å²) in [6, 6.07) is 23.7. The van der Waals surface area contributed by atoms with Crippen molar-refractivity contribution in [2.24, 2.45) is 0 Å². The predicted molar refractivity (Wildman–Crippen MR) is 122 cm³/mol. The highest BCUT2D eigenvalue weighted by Crippen LogP contribution is 2.29. The summed E-state index contributed by atoms with van der Waals surface area (Å²) in [5, 5.41) is 4.41. The van der Waals surface area contributed by atoms with E-state index in [1.807, 2.05) is 72.8 Å². The maximum atomic E-state index is 5.76. The van der Waals surface area contributed by atoms with Crippen molar-refractivity contribution in [3.05, 3.63) is 89.7 Å². The molecule has 6 heteroatoms. The number of rotatable bonds is 8. The number of methoxy groups -OCH3 is 3. The van der Waals surface area contributed by atoms with Crippen LogP contribution in [-0.2, 0) is 11.3 Å². The molecule has 6 nitrogen and oxygen atoms in total. The zero-order chi connectivity index (χ0) is 21.6. The van der Waals surface area contributed by atoms with Crippen molar-refractivity contribution in [2.45, 2.75) is 12.6 Å². The number of anilines is 1. The van der Waals surface area contributed by atoms with E-state index in [-0.39, 0.29) is 6.10 Å². The van der Waals surface area contributed by atoms with E-state index in [4.69, 9.17) is 24.2 Å². The Balaban J connectivity index is 1.70. The first kappa shape index (κ1) is 20.6. The Hall–Kier alpha value is -3.64. The van der Waals surface area contributed by atoms with Crippen molar-refractivity contribution in [2.75, 3.05) is 26.6 Å². The number of ether oxygens (including phenoxy) is 3. The Morgan fingerprint density at radius 1 is 0.839 bits per heavy atom. The minimum atomic E-state index is -0.359. The lowest BCUT2D eigenvalue weighted by Gasteiger charge is -2.18. The molecule has 0 bridgehead atoms.